The molecule has 1 heterocycles. The predicted molar refractivity (Wildman–Crippen MR) is 68.9 cm³/mol. The molecule has 0 radical (unpaired) electrons. The lowest BCUT2D eigenvalue weighted by Crippen LogP contribution is -2.52. The zero-order chi connectivity index (χ0) is 12.7. The van der Waals surface area contributed by atoms with Crippen LogP contribution in [0, 0.1) is 5.41 Å². The van der Waals surface area contributed by atoms with Gasteiger partial charge in [-0.1, -0.05) is 13.3 Å². The van der Waals surface area contributed by atoms with Gasteiger partial charge in [-0.2, -0.15) is 0 Å². The zero-order valence-electron chi connectivity index (χ0n) is 11.3. The Morgan fingerprint density at radius 2 is 2.35 bits per heavy atom. The largest absolute Gasteiger partial charge is 0.383 e. The summed E-state index contributed by atoms with van der Waals surface area (Å²) in [7, 11) is 1.66. The number of carbonyl (C=O) groups is 1. The fraction of sp³-hybridized carbons (Fsp3) is 0.923. The van der Waals surface area contributed by atoms with Gasteiger partial charge in [-0.25, -0.2) is 0 Å². The summed E-state index contributed by atoms with van der Waals surface area (Å²) in [6, 6.07) is 0.0863. The molecule has 2 N–H and O–H groups in total. The fourth-order valence-electron chi connectivity index (χ4n) is 2.64. The Morgan fingerprint density at radius 3 is 2.88 bits per heavy atom. The van der Waals surface area contributed by atoms with Crippen molar-refractivity contribution in [3.8, 4) is 0 Å². The van der Waals surface area contributed by atoms with Crippen molar-refractivity contribution in [1.29, 1.82) is 0 Å². The number of nitrogens with one attached hydrogen (secondary N) is 2. The minimum atomic E-state index is -0.199. The molecule has 0 spiro atoms. The molecule has 0 bridgehead atoms. The molecule has 2 unspecified atom stereocenters. The van der Waals surface area contributed by atoms with Gasteiger partial charge in [-0.15, -0.1) is 0 Å². The number of carbonyl (C=O) groups excluding carboxylic acids is 1. The highest BCUT2D eigenvalue weighted by Crippen LogP contribution is 2.31. The van der Waals surface area contributed by atoms with Crippen molar-refractivity contribution in [2.24, 2.45) is 5.41 Å². The van der Waals surface area contributed by atoms with Crippen molar-refractivity contribution < 1.29 is 9.53 Å². The van der Waals surface area contributed by atoms with Crippen molar-refractivity contribution in [3.63, 3.8) is 0 Å². The van der Waals surface area contributed by atoms with E-state index >= 15 is 0 Å². The average Bonchev–Trinajstić information content (AvgIpc) is 2.30. The van der Waals surface area contributed by atoms with Gasteiger partial charge in [0.25, 0.3) is 0 Å². The molecule has 4 nitrogen and oxygen atoms in total. The van der Waals surface area contributed by atoms with Gasteiger partial charge >= 0.3 is 0 Å². The molecule has 1 saturated heterocycles. The van der Waals surface area contributed by atoms with E-state index in [9.17, 15) is 4.79 Å². The summed E-state index contributed by atoms with van der Waals surface area (Å²) in [4.78, 5) is 12.4. The number of amides is 1. The molecule has 0 saturated carbocycles. The highest BCUT2D eigenvalue weighted by Gasteiger charge is 2.38. The van der Waals surface area contributed by atoms with E-state index in [-0.39, 0.29) is 17.4 Å². The number of piperidine rings is 1. The molecule has 100 valence electrons. The number of rotatable bonds is 6. The average molecular weight is 242 g/mol. The van der Waals surface area contributed by atoms with Crippen LogP contribution >= 0.6 is 0 Å². The highest BCUT2D eigenvalue weighted by atomic mass is 16.5. The van der Waals surface area contributed by atoms with Crippen LogP contribution in [0.2, 0.25) is 0 Å². The molecular weight excluding hydrogens is 216 g/mol. The lowest BCUT2D eigenvalue weighted by molar-refractivity contribution is -0.133. The summed E-state index contributed by atoms with van der Waals surface area (Å²) in [5, 5.41) is 6.43. The Kier molecular flexibility index (Phi) is 5.92. The Hall–Kier alpha value is -0.610. The van der Waals surface area contributed by atoms with Crippen molar-refractivity contribution >= 4 is 5.91 Å². The summed E-state index contributed by atoms with van der Waals surface area (Å²) < 4.78 is 5.05. The van der Waals surface area contributed by atoms with Gasteiger partial charge in [-0.3, -0.25) is 4.79 Å². The van der Waals surface area contributed by atoms with Crippen LogP contribution in [-0.2, 0) is 9.53 Å². The second-order valence-electron chi connectivity index (χ2n) is 5.14. The highest BCUT2D eigenvalue weighted by molar-refractivity contribution is 5.83. The number of ether oxygens (including phenoxy) is 1. The molecule has 0 aromatic heterocycles. The van der Waals surface area contributed by atoms with Gasteiger partial charge in [0.05, 0.1) is 12.0 Å². The first-order valence-electron chi connectivity index (χ1n) is 6.65. The third kappa shape index (κ3) is 3.96. The molecule has 1 rings (SSSR count). The van der Waals surface area contributed by atoms with E-state index in [0.717, 1.165) is 38.8 Å². The second kappa shape index (κ2) is 6.97. The maximum Gasteiger partial charge on any atom is 0.227 e. The zero-order valence-corrected chi connectivity index (χ0v) is 11.3. The first kappa shape index (κ1) is 14.5. The first-order valence-corrected chi connectivity index (χ1v) is 6.65. The standard InChI is InChI=1S/C13H26N2O2/c1-4-6-13(7-5-8-14-10-13)12(16)15-11(2)9-17-3/h11,14H,4-10H2,1-3H3,(H,15,16). The van der Waals surface area contributed by atoms with Crippen LogP contribution in [0.4, 0.5) is 0 Å². The van der Waals surface area contributed by atoms with E-state index in [2.05, 4.69) is 17.6 Å². The maximum absolute atomic E-state index is 12.4. The summed E-state index contributed by atoms with van der Waals surface area (Å²) >= 11 is 0. The molecule has 2 atom stereocenters. The van der Waals surface area contributed by atoms with Crippen LogP contribution < -0.4 is 10.6 Å². The molecule has 0 aliphatic carbocycles. The molecule has 0 aromatic rings. The molecule has 1 amide bonds. The van der Waals surface area contributed by atoms with Crippen LogP contribution in [0.3, 0.4) is 0 Å². The topological polar surface area (TPSA) is 50.4 Å². The van der Waals surface area contributed by atoms with Crippen LogP contribution in [-0.4, -0.2) is 38.8 Å². The molecule has 17 heavy (non-hydrogen) atoms. The fourth-order valence-corrected chi connectivity index (χ4v) is 2.64. The Labute approximate surface area is 104 Å². The molecule has 1 fully saturated rings. The second-order valence-corrected chi connectivity index (χ2v) is 5.14. The number of methoxy groups -OCH3 is 1. The minimum Gasteiger partial charge on any atom is -0.383 e. The molecule has 4 heteroatoms. The van der Waals surface area contributed by atoms with Crippen LogP contribution in [0.25, 0.3) is 0 Å². The molecule has 1 aliphatic heterocycles. The van der Waals surface area contributed by atoms with E-state index in [1.54, 1.807) is 7.11 Å². The van der Waals surface area contributed by atoms with E-state index in [1.165, 1.54) is 0 Å². The summed E-state index contributed by atoms with van der Waals surface area (Å²) in [5.41, 5.74) is -0.199. The summed E-state index contributed by atoms with van der Waals surface area (Å²) in [6.45, 7) is 6.54. The third-order valence-electron chi connectivity index (χ3n) is 3.48. The molecule has 1 aliphatic rings. The first-order chi connectivity index (χ1) is 8.14. The van der Waals surface area contributed by atoms with Crippen molar-refractivity contribution in [2.45, 2.75) is 45.6 Å². The monoisotopic (exact) mass is 242 g/mol. The normalized spacial score (nSPS) is 26.5. The van der Waals surface area contributed by atoms with Gasteiger partial charge in [0.15, 0.2) is 0 Å². The van der Waals surface area contributed by atoms with E-state index in [4.69, 9.17) is 4.74 Å². The van der Waals surface area contributed by atoms with Gasteiger partial charge in [-0.05, 0) is 32.7 Å². The third-order valence-corrected chi connectivity index (χ3v) is 3.48. The lowest BCUT2D eigenvalue weighted by atomic mass is 9.76. The van der Waals surface area contributed by atoms with Crippen LogP contribution in [0.5, 0.6) is 0 Å². The van der Waals surface area contributed by atoms with Gasteiger partial charge in [0.1, 0.15) is 0 Å². The van der Waals surface area contributed by atoms with Gasteiger partial charge in [0, 0.05) is 19.7 Å². The number of hydrogen-bond donors (Lipinski definition) is 2. The van der Waals surface area contributed by atoms with Gasteiger partial charge in [0.2, 0.25) is 5.91 Å². The number of hydrogen-bond acceptors (Lipinski definition) is 3. The maximum atomic E-state index is 12.4. The summed E-state index contributed by atoms with van der Waals surface area (Å²) in [5.74, 6) is 0.191. The van der Waals surface area contributed by atoms with E-state index in [0.29, 0.717) is 6.61 Å². The Balaban J connectivity index is 2.59. The smallest absolute Gasteiger partial charge is 0.227 e. The quantitative estimate of drug-likeness (QED) is 0.738. The Bertz CT molecular complexity index is 232. The lowest BCUT2D eigenvalue weighted by Gasteiger charge is -2.37. The summed E-state index contributed by atoms with van der Waals surface area (Å²) in [6.07, 6.45) is 4.10. The van der Waals surface area contributed by atoms with Crippen molar-refractivity contribution in [1.82, 2.24) is 10.6 Å². The molecule has 0 aromatic carbocycles. The van der Waals surface area contributed by atoms with Gasteiger partial charge < -0.3 is 15.4 Å². The minimum absolute atomic E-state index is 0.0863. The van der Waals surface area contributed by atoms with Crippen molar-refractivity contribution in [3.05, 3.63) is 0 Å². The van der Waals surface area contributed by atoms with Crippen molar-refractivity contribution in [2.75, 3.05) is 26.8 Å². The SMILES string of the molecule is CCCC1(C(=O)NC(C)COC)CCCNC1. The molecular formula is C13H26N2O2. The Morgan fingerprint density at radius 1 is 1.59 bits per heavy atom. The van der Waals surface area contributed by atoms with E-state index in [1.807, 2.05) is 6.92 Å². The predicted octanol–water partition coefficient (Wildman–Crippen LogP) is 1.31. The van der Waals surface area contributed by atoms with E-state index < -0.39 is 0 Å². The van der Waals surface area contributed by atoms with Crippen LogP contribution in [0.1, 0.15) is 39.5 Å². The van der Waals surface area contributed by atoms with Crippen LogP contribution in [0.15, 0.2) is 0 Å².